The molecule has 0 aliphatic rings. The molecular formula is C18H23N3O4S. The van der Waals surface area contributed by atoms with Crippen molar-refractivity contribution in [3.05, 3.63) is 54.1 Å². The lowest BCUT2D eigenvalue weighted by atomic mass is 10.2. The van der Waals surface area contributed by atoms with Crippen LogP contribution in [0.5, 0.6) is 5.75 Å². The van der Waals surface area contributed by atoms with Crippen molar-refractivity contribution in [2.24, 2.45) is 0 Å². The van der Waals surface area contributed by atoms with E-state index in [1.165, 1.54) is 19.2 Å². The second kappa shape index (κ2) is 8.68. The van der Waals surface area contributed by atoms with E-state index in [-0.39, 0.29) is 17.5 Å². The van der Waals surface area contributed by atoms with Crippen molar-refractivity contribution in [2.75, 3.05) is 12.4 Å². The lowest BCUT2D eigenvalue weighted by Gasteiger charge is -2.12. The van der Waals surface area contributed by atoms with Gasteiger partial charge in [-0.2, -0.15) is 0 Å². The Morgan fingerprint density at radius 2 is 1.85 bits per heavy atom. The Morgan fingerprint density at radius 1 is 1.12 bits per heavy atom. The molecule has 2 amide bonds. The van der Waals surface area contributed by atoms with E-state index in [2.05, 4.69) is 15.4 Å². The number of para-hydroxylation sites is 2. The number of carbonyl (C=O) groups excluding carboxylic acids is 1. The highest BCUT2D eigenvalue weighted by Crippen LogP contribution is 2.22. The van der Waals surface area contributed by atoms with Crippen LogP contribution >= 0.6 is 0 Å². The molecule has 2 aromatic carbocycles. The fourth-order valence-corrected chi connectivity index (χ4v) is 3.62. The number of sulfonamides is 1. The fraction of sp³-hybridized carbons (Fsp3) is 0.278. The summed E-state index contributed by atoms with van der Waals surface area (Å²) in [7, 11) is -2.05. The predicted molar refractivity (Wildman–Crippen MR) is 101 cm³/mol. The number of urea groups is 1. The quantitative estimate of drug-likeness (QED) is 0.691. The summed E-state index contributed by atoms with van der Waals surface area (Å²) in [6.45, 7) is 3.70. The Morgan fingerprint density at radius 3 is 2.54 bits per heavy atom. The molecule has 3 N–H and O–H groups in total. The molecule has 7 nitrogen and oxygen atoms in total. The number of methoxy groups -OCH3 is 1. The Kier molecular flexibility index (Phi) is 6.59. The van der Waals surface area contributed by atoms with Gasteiger partial charge in [-0.3, -0.25) is 0 Å². The molecule has 0 saturated heterocycles. The van der Waals surface area contributed by atoms with Gasteiger partial charge in [-0.05, 0) is 43.7 Å². The first-order chi connectivity index (χ1) is 12.3. The van der Waals surface area contributed by atoms with E-state index in [1.807, 2.05) is 0 Å². The Labute approximate surface area is 153 Å². The normalized spacial score (nSPS) is 11.2. The van der Waals surface area contributed by atoms with E-state index in [0.29, 0.717) is 17.0 Å². The van der Waals surface area contributed by atoms with Crippen molar-refractivity contribution in [2.45, 2.75) is 31.3 Å². The Hall–Kier alpha value is -2.58. The molecule has 26 heavy (non-hydrogen) atoms. The third-order valence-corrected chi connectivity index (χ3v) is 5.06. The summed E-state index contributed by atoms with van der Waals surface area (Å²) in [6.07, 6.45) is 0. The number of anilines is 1. The molecule has 0 unspecified atom stereocenters. The number of hydrogen-bond acceptors (Lipinski definition) is 4. The number of rotatable bonds is 7. The number of hydrogen-bond donors (Lipinski definition) is 3. The summed E-state index contributed by atoms with van der Waals surface area (Å²) in [6, 6.07) is 12.9. The Balaban J connectivity index is 2.01. The summed E-state index contributed by atoms with van der Waals surface area (Å²) in [5.74, 6) is 0.551. The van der Waals surface area contributed by atoms with Crippen LogP contribution in [0.15, 0.2) is 53.4 Å². The molecule has 8 heteroatoms. The molecule has 0 aliphatic carbocycles. The maximum atomic E-state index is 12.2. The standard InChI is InChI=1S/C18H23N3O4S/c1-13(2)21-26(23,24)15-8-6-7-14(11-15)12-19-18(22)20-16-9-4-5-10-17(16)25-3/h4-11,13,21H,12H2,1-3H3,(H2,19,20,22). The second-order valence-electron chi connectivity index (χ2n) is 5.93. The van der Waals surface area contributed by atoms with Gasteiger partial charge >= 0.3 is 6.03 Å². The summed E-state index contributed by atoms with van der Waals surface area (Å²) in [5, 5.41) is 5.39. The van der Waals surface area contributed by atoms with Crippen LogP contribution < -0.4 is 20.1 Å². The van der Waals surface area contributed by atoms with Gasteiger partial charge in [0.1, 0.15) is 5.75 Å². The van der Waals surface area contributed by atoms with Crippen molar-refractivity contribution in [1.29, 1.82) is 0 Å². The van der Waals surface area contributed by atoms with Crippen molar-refractivity contribution < 1.29 is 17.9 Å². The van der Waals surface area contributed by atoms with Crippen LogP contribution in [0, 0.1) is 0 Å². The van der Waals surface area contributed by atoms with Crippen LogP contribution in [0.25, 0.3) is 0 Å². The lowest BCUT2D eigenvalue weighted by molar-refractivity contribution is 0.251. The third kappa shape index (κ3) is 5.47. The third-order valence-electron chi connectivity index (χ3n) is 3.41. The molecule has 0 atom stereocenters. The van der Waals surface area contributed by atoms with Crippen molar-refractivity contribution in [3.8, 4) is 5.75 Å². The van der Waals surface area contributed by atoms with Crippen LogP contribution in [0.4, 0.5) is 10.5 Å². The number of benzene rings is 2. The minimum absolute atomic E-state index is 0.163. The average molecular weight is 377 g/mol. The molecule has 2 rings (SSSR count). The zero-order valence-corrected chi connectivity index (χ0v) is 15.8. The first-order valence-corrected chi connectivity index (χ1v) is 9.59. The molecule has 0 radical (unpaired) electrons. The smallest absolute Gasteiger partial charge is 0.319 e. The number of ether oxygens (including phenoxy) is 1. The minimum atomic E-state index is -3.57. The van der Waals surface area contributed by atoms with Gasteiger partial charge in [-0.15, -0.1) is 0 Å². The molecule has 140 valence electrons. The SMILES string of the molecule is COc1ccccc1NC(=O)NCc1cccc(S(=O)(=O)NC(C)C)c1. The predicted octanol–water partition coefficient (Wildman–Crippen LogP) is 2.70. The molecule has 0 heterocycles. The van der Waals surface area contributed by atoms with E-state index in [4.69, 9.17) is 4.74 Å². The van der Waals surface area contributed by atoms with E-state index >= 15 is 0 Å². The van der Waals surface area contributed by atoms with E-state index in [9.17, 15) is 13.2 Å². The van der Waals surface area contributed by atoms with Gasteiger partial charge in [0, 0.05) is 12.6 Å². The van der Waals surface area contributed by atoms with Gasteiger partial charge in [0.2, 0.25) is 10.0 Å². The van der Waals surface area contributed by atoms with Gasteiger partial charge in [0.15, 0.2) is 0 Å². The molecule has 0 aromatic heterocycles. The summed E-state index contributed by atoms with van der Waals surface area (Å²) < 4.78 is 32.1. The van der Waals surface area contributed by atoms with Gasteiger partial charge < -0.3 is 15.4 Å². The first-order valence-electron chi connectivity index (χ1n) is 8.11. The highest BCUT2D eigenvalue weighted by Gasteiger charge is 2.15. The van der Waals surface area contributed by atoms with Crippen LogP contribution in [0.3, 0.4) is 0 Å². The molecule has 0 spiro atoms. The largest absolute Gasteiger partial charge is 0.495 e. The summed E-state index contributed by atoms with van der Waals surface area (Å²) in [5.41, 5.74) is 1.22. The van der Waals surface area contributed by atoms with Crippen LogP contribution in [0.2, 0.25) is 0 Å². The van der Waals surface area contributed by atoms with Gasteiger partial charge in [0.05, 0.1) is 17.7 Å². The van der Waals surface area contributed by atoms with Crippen molar-refractivity contribution >= 4 is 21.7 Å². The van der Waals surface area contributed by atoms with E-state index in [0.717, 1.165) is 0 Å². The van der Waals surface area contributed by atoms with Crippen molar-refractivity contribution in [3.63, 3.8) is 0 Å². The number of amides is 2. The van der Waals surface area contributed by atoms with Gasteiger partial charge in [-0.1, -0.05) is 24.3 Å². The van der Waals surface area contributed by atoms with E-state index < -0.39 is 16.1 Å². The molecule has 0 bridgehead atoms. The van der Waals surface area contributed by atoms with Gasteiger partial charge in [-0.25, -0.2) is 17.9 Å². The highest BCUT2D eigenvalue weighted by atomic mass is 32.2. The fourth-order valence-electron chi connectivity index (χ4n) is 2.30. The maximum Gasteiger partial charge on any atom is 0.319 e. The topological polar surface area (TPSA) is 96.5 Å². The number of carbonyl (C=O) groups is 1. The first kappa shape index (κ1) is 19.7. The highest BCUT2D eigenvalue weighted by molar-refractivity contribution is 7.89. The summed E-state index contributed by atoms with van der Waals surface area (Å²) in [4.78, 5) is 12.2. The monoisotopic (exact) mass is 377 g/mol. The zero-order valence-electron chi connectivity index (χ0n) is 14.9. The van der Waals surface area contributed by atoms with Gasteiger partial charge in [0.25, 0.3) is 0 Å². The van der Waals surface area contributed by atoms with Crippen LogP contribution in [0.1, 0.15) is 19.4 Å². The maximum absolute atomic E-state index is 12.2. The van der Waals surface area contributed by atoms with Crippen LogP contribution in [-0.4, -0.2) is 27.6 Å². The molecule has 0 fully saturated rings. The minimum Gasteiger partial charge on any atom is -0.495 e. The zero-order chi connectivity index (χ0) is 19.2. The molecular weight excluding hydrogens is 354 g/mol. The molecule has 0 aliphatic heterocycles. The molecule has 2 aromatic rings. The van der Waals surface area contributed by atoms with Crippen LogP contribution in [-0.2, 0) is 16.6 Å². The summed E-state index contributed by atoms with van der Waals surface area (Å²) >= 11 is 0. The second-order valence-corrected chi connectivity index (χ2v) is 7.65. The molecule has 0 saturated carbocycles. The van der Waals surface area contributed by atoms with Crippen molar-refractivity contribution in [1.82, 2.24) is 10.0 Å². The van der Waals surface area contributed by atoms with E-state index in [1.54, 1.807) is 50.2 Å². The number of nitrogens with one attached hydrogen (secondary N) is 3. The average Bonchev–Trinajstić information content (AvgIpc) is 2.59. The Bertz CT molecular complexity index is 866. The lowest BCUT2D eigenvalue weighted by Crippen LogP contribution is -2.30.